The van der Waals surface area contributed by atoms with Gasteiger partial charge in [0.25, 0.3) is 0 Å². The molecule has 0 unspecified atom stereocenters. The van der Waals surface area contributed by atoms with Gasteiger partial charge in [-0.2, -0.15) is 0 Å². The van der Waals surface area contributed by atoms with Gasteiger partial charge in [0.2, 0.25) is 0 Å². The van der Waals surface area contributed by atoms with Gasteiger partial charge in [-0.25, -0.2) is 4.39 Å². The lowest BCUT2D eigenvalue weighted by Crippen LogP contribution is -2.42. The van der Waals surface area contributed by atoms with Crippen molar-refractivity contribution in [2.75, 3.05) is 0 Å². The maximum absolute atomic E-state index is 13.1. The van der Waals surface area contributed by atoms with Crippen LogP contribution in [0.25, 0.3) is 0 Å². The smallest absolute Gasteiger partial charge is 0.156 e. The van der Waals surface area contributed by atoms with Gasteiger partial charge in [0.15, 0.2) is 5.78 Å². The van der Waals surface area contributed by atoms with Crippen LogP contribution in [0.1, 0.15) is 19.4 Å². The minimum atomic E-state index is -0.921. The van der Waals surface area contributed by atoms with Gasteiger partial charge in [0.1, 0.15) is 5.82 Å². The van der Waals surface area contributed by atoms with E-state index in [1.807, 2.05) is 0 Å². The molecule has 0 amide bonds. The number of carbonyl (C=O) groups is 1. The Morgan fingerprint density at radius 2 is 2.13 bits per heavy atom. The number of carbonyl (C=O) groups excluding carboxylic acids is 1. The lowest BCUT2D eigenvalue weighted by molar-refractivity contribution is -0.122. The van der Waals surface area contributed by atoms with Crippen molar-refractivity contribution in [2.45, 2.75) is 25.8 Å². The molecule has 1 rings (SSSR count). The molecule has 0 bridgehead atoms. The van der Waals surface area contributed by atoms with Crippen molar-refractivity contribution in [1.29, 1.82) is 0 Å². The van der Waals surface area contributed by atoms with E-state index in [9.17, 15) is 9.18 Å². The maximum Gasteiger partial charge on any atom is 0.156 e. The molecule has 82 valence electrons. The molecule has 0 heterocycles. The maximum atomic E-state index is 13.1. The molecule has 0 fully saturated rings. The minimum Gasteiger partial charge on any atom is -0.319 e. The summed E-state index contributed by atoms with van der Waals surface area (Å²) < 4.78 is 13.1. The van der Waals surface area contributed by atoms with Gasteiger partial charge in [-0.3, -0.25) is 4.79 Å². The zero-order valence-electron chi connectivity index (χ0n) is 8.68. The number of hydrogen-bond acceptors (Lipinski definition) is 2. The largest absolute Gasteiger partial charge is 0.319 e. The second-order valence-corrected chi connectivity index (χ2v) is 4.41. The molecule has 0 saturated carbocycles. The van der Waals surface area contributed by atoms with Gasteiger partial charge in [0.05, 0.1) is 10.6 Å². The fourth-order valence-electron chi connectivity index (χ4n) is 1.09. The molecule has 15 heavy (non-hydrogen) atoms. The fourth-order valence-corrected chi connectivity index (χ4v) is 1.28. The first-order chi connectivity index (χ1) is 6.82. The van der Waals surface area contributed by atoms with Crippen molar-refractivity contribution in [3.8, 4) is 0 Å². The van der Waals surface area contributed by atoms with E-state index >= 15 is 0 Å². The summed E-state index contributed by atoms with van der Waals surface area (Å²) in [5.41, 5.74) is 5.18. The third kappa shape index (κ3) is 3.01. The summed E-state index contributed by atoms with van der Waals surface area (Å²) in [7, 11) is 0. The summed E-state index contributed by atoms with van der Waals surface area (Å²) in [6, 6.07) is 4.40. The molecule has 1 aromatic rings. The van der Waals surface area contributed by atoms with Crippen LogP contribution >= 0.6 is 11.6 Å². The van der Waals surface area contributed by atoms with Crippen molar-refractivity contribution in [1.82, 2.24) is 0 Å². The summed E-state index contributed by atoms with van der Waals surface area (Å²) in [5.74, 6) is -0.688. The Hall–Kier alpha value is -0.930. The van der Waals surface area contributed by atoms with Crippen molar-refractivity contribution in [3.05, 3.63) is 34.6 Å². The number of benzene rings is 1. The monoisotopic (exact) mass is 229 g/mol. The second kappa shape index (κ2) is 4.29. The van der Waals surface area contributed by atoms with Crippen molar-refractivity contribution < 1.29 is 9.18 Å². The Bertz CT molecular complexity index is 385. The van der Waals surface area contributed by atoms with Crippen LogP contribution in [0.3, 0.4) is 0 Å². The van der Waals surface area contributed by atoms with Crippen LogP contribution in [0, 0.1) is 5.82 Å². The van der Waals surface area contributed by atoms with Gasteiger partial charge in [-0.05, 0) is 25.5 Å². The van der Waals surface area contributed by atoms with Crippen LogP contribution in [-0.4, -0.2) is 11.3 Å². The van der Waals surface area contributed by atoms with Crippen LogP contribution < -0.4 is 5.73 Å². The SMILES string of the molecule is CC(C)(N)C(=O)Cc1cccc(F)c1Cl. The highest BCUT2D eigenvalue weighted by molar-refractivity contribution is 6.31. The van der Waals surface area contributed by atoms with E-state index in [1.54, 1.807) is 19.9 Å². The number of nitrogens with two attached hydrogens (primary N) is 1. The third-order valence-electron chi connectivity index (χ3n) is 2.10. The second-order valence-electron chi connectivity index (χ2n) is 4.03. The highest BCUT2D eigenvalue weighted by atomic mass is 35.5. The van der Waals surface area contributed by atoms with E-state index in [1.165, 1.54) is 12.1 Å². The molecule has 0 aliphatic heterocycles. The van der Waals surface area contributed by atoms with E-state index in [-0.39, 0.29) is 17.2 Å². The molecule has 0 spiro atoms. The van der Waals surface area contributed by atoms with Gasteiger partial charge >= 0.3 is 0 Å². The van der Waals surface area contributed by atoms with Gasteiger partial charge < -0.3 is 5.73 Å². The molecular weight excluding hydrogens is 217 g/mol. The molecule has 0 aromatic heterocycles. The average Bonchev–Trinajstić information content (AvgIpc) is 2.11. The summed E-state index contributed by atoms with van der Waals surface area (Å²) in [4.78, 5) is 11.6. The van der Waals surface area contributed by atoms with Crippen molar-refractivity contribution in [3.63, 3.8) is 0 Å². The molecule has 0 atom stereocenters. The Balaban J connectivity index is 2.91. The number of rotatable bonds is 3. The third-order valence-corrected chi connectivity index (χ3v) is 2.52. The number of halogens is 2. The summed E-state index contributed by atoms with van der Waals surface area (Å²) in [6.07, 6.45) is 0.0556. The van der Waals surface area contributed by atoms with Gasteiger partial charge in [0, 0.05) is 6.42 Å². The van der Waals surface area contributed by atoms with Crippen LogP contribution in [0.2, 0.25) is 5.02 Å². The molecule has 4 heteroatoms. The van der Waals surface area contributed by atoms with Crippen molar-refractivity contribution >= 4 is 17.4 Å². The Kier molecular flexibility index (Phi) is 3.47. The first-order valence-electron chi connectivity index (χ1n) is 4.57. The van der Waals surface area contributed by atoms with Crippen LogP contribution in [-0.2, 0) is 11.2 Å². The minimum absolute atomic E-state index is 0.00454. The number of hydrogen-bond donors (Lipinski definition) is 1. The molecule has 0 radical (unpaired) electrons. The number of Topliss-reactive ketones (excluding diaryl/α,β-unsaturated/α-hetero) is 1. The standard InChI is InChI=1S/C11H13ClFNO/c1-11(2,14)9(15)6-7-4-3-5-8(13)10(7)12/h3-5H,6,14H2,1-2H3. The molecule has 1 aromatic carbocycles. The molecule has 0 saturated heterocycles. The Labute approximate surface area is 93.2 Å². The molecular formula is C11H13ClFNO. The highest BCUT2D eigenvalue weighted by Gasteiger charge is 2.22. The lowest BCUT2D eigenvalue weighted by atomic mass is 9.95. The summed E-state index contributed by atoms with van der Waals surface area (Å²) >= 11 is 5.72. The van der Waals surface area contributed by atoms with Crippen molar-refractivity contribution in [2.24, 2.45) is 5.73 Å². The zero-order chi connectivity index (χ0) is 11.6. The highest BCUT2D eigenvalue weighted by Crippen LogP contribution is 2.21. The van der Waals surface area contributed by atoms with E-state index in [0.717, 1.165) is 0 Å². The number of ketones is 1. The Morgan fingerprint density at radius 3 is 2.67 bits per heavy atom. The molecule has 0 aliphatic carbocycles. The van der Waals surface area contributed by atoms with E-state index in [2.05, 4.69) is 0 Å². The van der Waals surface area contributed by atoms with E-state index < -0.39 is 11.4 Å². The summed E-state index contributed by atoms with van der Waals surface area (Å²) in [6.45, 7) is 3.23. The van der Waals surface area contributed by atoms with E-state index in [0.29, 0.717) is 5.56 Å². The first-order valence-corrected chi connectivity index (χ1v) is 4.95. The normalized spacial score (nSPS) is 11.5. The predicted octanol–water partition coefficient (Wildman–Crippen LogP) is 2.33. The molecule has 0 aliphatic rings. The Morgan fingerprint density at radius 1 is 1.53 bits per heavy atom. The summed E-state index contributed by atoms with van der Waals surface area (Å²) in [5, 5.41) is -0.00454. The zero-order valence-corrected chi connectivity index (χ0v) is 9.44. The van der Waals surface area contributed by atoms with E-state index in [4.69, 9.17) is 17.3 Å². The quantitative estimate of drug-likeness (QED) is 0.865. The average molecular weight is 230 g/mol. The molecule has 2 N–H and O–H groups in total. The van der Waals surface area contributed by atoms with Crippen LogP contribution in [0.15, 0.2) is 18.2 Å². The van der Waals surface area contributed by atoms with Gasteiger partial charge in [-0.15, -0.1) is 0 Å². The lowest BCUT2D eigenvalue weighted by Gasteiger charge is -2.17. The van der Waals surface area contributed by atoms with Crippen LogP contribution in [0.4, 0.5) is 4.39 Å². The molecule has 2 nitrogen and oxygen atoms in total. The van der Waals surface area contributed by atoms with Gasteiger partial charge in [-0.1, -0.05) is 23.7 Å². The topological polar surface area (TPSA) is 43.1 Å². The fraction of sp³-hybridized carbons (Fsp3) is 0.364. The predicted molar refractivity (Wildman–Crippen MR) is 58.4 cm³/mol. The van der Waals surface area contributed by atoms with Crippen LogP contribution in [0.5, 0.6) is 0 Å². The first kappa shape index (κ1) is 12.1.